The number of carbonyl (C=O) groups excluding carboxylic acids is 3. The maximum absolute atomic E-state index is 13.1. The Morgan fingerprint density at radius 3 is 2.48 bits per heavy atom. The van der Waals surface area contributed by atoms with E-state index < -0.39 is 17.8 Å². The number of imide groups is 2. The van der Waals surface area contributed by atoms with Crippen LogP contribution < -0.4 is 19.7 Å². The van der Waals surface area contributed by atoms with Crippen molar-refractivity contribution in [3.8, 4) is 11.5 Å². The summed E-state index contributed by atoms with van der Waals surface area (Å²) in [7, 11) is 1.49. The predicted octanol–water partition coefficient (Wildman–Crippen LogP) is 4.31. The lowest BCUT2D eigenvalue weighted by Crippen LogP contribution is -2.54. The van der Waals surface area contributed by atoms with Gasteiger partial charge in [0.1, 0.15) is 12.2 Å². The number of anilines is 1. The zero-order chi connectivity index (χ0) is 22.7. The SMILES string of the molecule is C=CCOc1cc(Br)c(/C=C2\C(=O)NC(=O)N(c3ccc(C)c(C)c3)C2=O)cc1OC. The highest BCUT2D eigenvalue weighted by molar-refractivity contribution is 9.10. The lowest BCUT2D eigenvalue weighted by molar-refractivity contribution is -0.122. The van der Waals surface area contributed by atoms with E-state index in [-0.39, 0.29) is 12.2 Å². The second kappa shape index (κ2) is 9.18. The van der Waals surface area contributed by atoms with Gasteiger partial charge < -0.3 is 9.47 Å². The summed E-state index contributed by atoms with van der Waals surface area (Å²) < 4.78 is 11.5. The molecule has 4 amide bonds. The lowest BCUT2D eigenvalue weighted by atomic mass is 10.0. The van der Waals surface area contributed by atoms with Crippen LogP contribution in [0.1, 0.15) is 16.7 Å². The molecule has 1 saturated heterocycles. The minimum atomic E-state index is -0.791. The zero-order valence-corrected chi connectivity index (χ0v) is 18.9. The first-order valence-corrected chi connectivity index (χ1v) is 10.2. The summed E-state index contributed by atoms with van der Waals surface area (Å²) in [5.74, 6) is -0.590. The first-order chi connectivity index (χ1) is 14.8. The van der Waals surface area contributed by atoms with Crippen LogP contribution in [0.25, 0.3) is 6.08 Å². The number of benzene rings is 2. The quantitative estimate of drug-likeness (QED) is 0.375. The third kappa shape index (κ3) is 4.54. The molecule has 160 valence electrons. The molecule has 0 bridgehead atoms. The van der Waals surface area contributed by atoms with E-state index in [0.717, 1.165) is 16.0 Å². The van der Waals surface area contributed by atoms with Gasteiger partial charge in [-0.1, -0.05) is 34.7 Å². The Morgan fingerprint density at radius 2 is 1.84 bits per heavy atom. The Kier molecular flexibility index (Phi) is 6.60. The Bertz CT molecular complexity index is 1120. The van der Waals surface area contributed by atoms with E-state index in [1.807, 2.05) is 19.9 Å². The molecule has 1 aliphatic heterocycles. The van der Waals surface area contributed by atoms with Gasteiger partial charge in [0, 0.05) is 4.47 Å². The summed E-state index contributed by atoms with van der Waals surface area (Å²) in [4.78, 5) is 38.9. The largest absolute Gasteiger partial charge is 0.493 e. The smallest absolute Gasteiger partial charge is 0.335 e. The van der Waals surface area contributed by atoms with Crippen LogP contribution in [0, 0.1) is 13.8 Å². The summed E-state index contributed by atoms with van der Waals surface area (Å²) in [6.07, 6.45) is 3.01. The Labute approximate surface area is 188 Å². The molecule has 0 spiro atoms. The molecule has 3 rings (SSSR count). The standard InChI is InChI=1S/C23H21BrN2O5/c1-5-8-31-20-12-18(24)15(11-19(20)30-4)10-17-21(27)25-23(29)26(22(17)28)16-7-6-13(2)14(3)9-16/h5-7,9-12H,1,8H2,2-4H3,(H,25,27,29)/b17-10+. The number of methoxy groups -OCH3 is 1. The molecule has 7 nitrogen and oxygen atoms in total. The lowest BCUT2D eigenvalue weighted by Gasteiger charge is -2.27. The van der Waals surface area contributed by atoms with E-state index in [1.165, 1.54) is 13.2 Å². The average Bonchev–Trinajstić information content (AvgIpc) is 2.73. The third-order valence-corrected chi connectivity index (χ3v) is 5.48. The molecule has 2 aromatic rings. The molecule has 1 N–H and O–H groups in total. The van der Waals surface area contributed by atoms with Gasteiger partial charge in [0.25, 0.3) is 11.8 Å². The molecule has 0 radical (unpaired) electrons. The van der Waals surface area contributed by atoms with Gasteiger partial charge >= 0.3 is 6.03 Å². The Hall–Kier alpha value is -3.39. The van der Waals surface area contributed by atoms with Crippen molar-refractivity contribution in [2.75, 3.05) is 18.6 Å². The fourth-order valence-electron chi connectivity index (χ4n) is 2.99. The van der Waals surface area contributed by atoms with Crippen LogP contribution >= 0.6 is 15.9 Å². The predicted molar refractivity (Wildman–Crippen MR) is 121 cm³/mol. The van der Waals surface area contributed by atoms with Gasteiger partial charge in [-0.3, -0.25) is 14.9 Å². The monoisotopic (exact) mass is 484 g/mol. The molecule has 2 aromatic carbocycles. The number of nitrogens with one attached hydrogen (secondary N) is 1. The molecule has 31 heavy (non-hydrogen) atoms. The summed E-state index contributed by atoms with van der Waals surface area (Å²) in [5.41, 5.74) is 2.66. The minimum Gasteiger partial charge on any atom is -0.493 e. The number of hydrogen-bond acceptors (Lipinski definition) is 5. The van der Waals surface area contributed by atoms with Crippen LogP contribution in [-0.2, 0) is 9.59 Å². The summed E-state index contributed by atoms with van der Waals surface area (Å²) in [6.45, 7) is 7.71. The zero-order valence-electron chi connectivity index (χ0n) is 17.3. The maximum Gasteiger partial charge on any atom is 0.335 e. The highest BCUT2D eigenvalue weighted by Crippen LogP contribution is 2.35. The fraction of sp³-hybridized carbons (Fsp3) is 0.174. The number of ether oxygens (including phenoxy) is 2. The Balaban J connectivity index is 2.03. The van der Waals surface area contributed by atoms with Gasteiger partial charge in [0.15, 0.2) is 11.5 Å². The molecular weight excluding hydrogens is 464 g/mol. The van der Waals surface area contributed by atoms with Crippen molar-refractivity contribution in [1.29, 1.82) is 0 Å². The van der Waals surface area contributed by atoms with Crippen molar-refractivity contribution in [2.45, 2.75) is 13.8 Å². The molecule has 0 aromatic heterocycles. The number of carbonyl (C=O) groups is 3. The van der Waals surface area contributed by atoms with Gasteiger partial charge in [-0.15, -0.1) is 0 Å². The fourth-order valence-corrected chi connectivity index (χ4v) is 3.43. The van der Waals surface area contributed by atoms with E-state index in [2.05, 4.69) is 27.8 Å². The molecule has 1 aliphatic rings. The van der Waals surface area contributed by atoms with Gasteiger partial charge in [0.05, 0.1) is 12.8 Å². The average molecular weight is 485 g/mol. The van der Waals surface area contributed by atoms with Crippen molar-refractivity contribution < 1.29 is 23.9 Å². The van der Waals surface area contributed by atoms with E-state index in [1.54, 1.807) is 30.3 Å². The molecular formula is C23H21BrN2O5. The number of amides is 4. The number of halogens is 1. The number of nitrogens with zero attached hydrogens (tertiary/aromatic N) is 1. The van der Waals surface area contributed by atoms with E-state index in [0.29, 0.717) is 27.2 Å². The van der Waals surface area contributed by atoms with Crippen LogP contribution in [0.2, 0.25) is 0 Å². The molecule has 1 fully saturated rings. The van der Waals surface area contributed by atoms with Crippen molar-refractivity contribution in [3.05, 3.63) is 69.7 Å². The number of aryl methyl sites for hydroxylation is 2. The van der Waals surface area contributed by atoms with Crippen LogP contribution in [0.15, 0.2) is 53.0 Å². The van der Waals surface area contributed by atoms with Gasteiger partial charge in [0.2, 0.25) is 0 Å². The van der Waals surface area contributed by atoms with Crippen molar-refractivity contribution in [3.63, 3.8) is 0 Å². The van der Waals surface area contributed by atoms with E-state index in [4.69, 9.17) is 9.47 Å². The number of urea groups is 1. The van der Waals surface area contributed by atoms with Crippen LogP contribution in [0.3, 0.4) is 0 Å². The molecule has 0 unspecified atom stereocenters. The Morgan fingerprint density at radius 1 is 1.10 bits per heavy atom. The highest BCUT2D eigenvalue weighted by Gasteiger charge is 2.37. The highest BCUT2D eigenvalue weighted by atomic mass is 79.9. The van der Waals surface area contributed by atoms with Crippen molar-refractivity contribution in [1.82, 2.24) is 5.32 Å². The van der Waals surface area contributed by atoms with Gasteiger partial charge in [-0.25, -0.2) is 9.69 Å². The van der Waals surface area contributed by atoms with Gasteiger partial charge in [-0.2, -0.15) is 0 Å². The third-order valence-electron chi connectivity index (χ3n) is 4.79. The number of hydrogen-bond donors (Lipinski definition) is 1. The first-order valence-electron chi connectivity index (χ1n) is 9.36. The van der Waals surface area contributed by atoms with Crippen LogP contribution in [-0.4, -0.2) is 31.6 Å². The normalized spacial score (nSPS) is 15.2. The first kappa shape index (κ1) is 22.3. The van der Waals surface area contributed by atoms with E-state index in [9.17, 15) is 14.4 Å². The maximum atomic E-state index is 13.1. The minimum absolute atomic E-state index is 0.180. The topological polar surface area (TPSA) is 84.9 Å². The van der Waals surface area contributed by atoms with Crippen LogP contribution in [0.4, 0.5) is 10.5 Å². The second-order valence-electron chi connectivity index (χ2n) is 6.85. The molecule has 0 saturated carbocycles. The molecule has 8 heteroatoms. The molecule has 0 atom stereocenters. The number of rotatable bonds is 6. The van der Waals surface area contributed by atoms with Crippen molar-refractivity contribution in [2.24, 2.45) is 0 Å². The summed E-state index contributed by atoms with van der Waals surface area (Å²) >= 11 is 3.43. The molecule has 1 heterocycles. The van der Waals surface area contributed by atoms with Crippen molar-refractivity contribution >= 4 is 45.5 Å². The molecule has 0 aliphatic carbocycles. The van der Waals surface area contributed by atoms with E-state index >= 15 is 0 Å². The van der Waals surface area contributed by atoms with Gasteiger partial charge in [-0.05, 0) is 60.9 Å². The summed E-state index contributed by atoms with van der Waals surface area (Å²) in [5, 5.41) is 2.23. The second-order valence-corrected chi connectivity index (χ2v) is 7.71. The van der Waals surface area contributed by atoms with Crippen LogP contribution in [0.5, 0.6) is 11.5 Å². The number of barbiturate groups is 1. The summed E-state index contributed by atoms with van der Waals surface area (Å²) in [6, 6.07) is 7.72.